The van der Waals surface area contributed by atoms with E-state index in [4.69, 9.17) is 4.74 Å². The Kier molecular flexibility index (Phi) is 5.93. The van der Waals surface area contributed by atoms with Crippen molar-refractivity contribution in [1.82, 2.24) is 14.2 Å². The number of aromatic nitrogens is 1. The molecule has 4 rings (SSSR count). The van der Waals surface area contributed by atoms with Gasteiger partial charge in [0.1, 0.15) is 10.6 Å². The number of piperazine rings is 1. The highest BCUT2D eigenvalue weighted by Crippen LogP contribution is 2.27. The highest BCUT2D eigenvalue weighted by atomic mass is 32.2. The smallest absolute Gasteiger partial charge is 0.244 e. The van der Waals surface area contributed by atoms with Crippen LogP contribution in [0.2, 0.25) is 0 Å². The van der Waals surface area contributed by atoms with Gasteiger partial charge in [0.2, 0.25) is 15.9 Å². The molecule has 2 heterocycles. The van der Waals surface area contributed by atoms with Crippen LogP contribution < -0.4 is 4.74 Å². The Morgan fingerprint density at radius 2 is 1.74 bits per heavy atom. The zero-order valence-electron chi connectivity index (χ0n) is 17.6. The van der Waals surface area contributed by atoms with Crippen LogP contribution in [0.15, 0.2) is 65.8 Å². The number of carbonyl (C=O) groups is 1. The van der Waals surface area contributed by atoms with E-state index >= 15 is 0 Å². The van der Waals surface area contributed by atoms with Crippen molar-refractivity contribution in [2.24, 2.45) is 0 Å². The molecule has 162 valence electrons. The fraction of sp³-hybridized carbons (Fsp3) is 0.304. The van der Waals surface area contributed by atoms with Crippen LogP contribution in [0.4, 0.5) is 0 Å². The summed E-state index contributed by atoms with van der Waals surface area (Å²) in [7, 11) is -1.95. The maximum atomic E-state index is 13.1. The van der Waals surface area contributed by atoms with E-state index < -0.39 is 10.0 Å². The molecule has 8 heteroatoms. The second-order valence-electron chi connectivity index (χ2n) is 7.61. The van der Waals surface area contributed by atoms with Crippen molar-refractivity contribution in [2.75, 3.05) is 33.3 Å². The molecule has 7 nitrogen and oxygen atoms in total. The number of methoxy groups -OCH3 is 1. The Bertz CT molecular complexity index is 1190. The minimum absolute atomic E-state index is 0.00582. The number of pyridine rings is 1. The molecule has 0 spiro atoms. The monoisotopic (exact) mass is 439 g/mol. The molecule has 1 atom stereocenters. The summed E-state index contributed by atoms with van der Waals surface area (Å²) in [4.78, 5) is 18.9. The molecule has 1 aliphatic rings. The van der Waals surface area contributed by atoms with Gasteiger partial charge < -0.3 is 9.64 Å². The maximum absolute atomic E-state index is 13.1. The van der Waals surface area contributed by atoms with Crippen LogP contribution in [0.25, 0.3) is 10.8 Å². The molecule has 0 radical (unpaired) electrons. The van der Waals surface area contributed by atoms with Gasteiger partial charge in [0.25, 0.3) is 0 Å². The molecule has 0 N–H and O–H groups in total. The second-order valence-corrected chi connectivity index (χ2v) is 9.55. The number of rotatable bonds is 5. The van der Waals surface area contributed by atoms with Gasteiger partial charge in [0.05, 0.1) is 13.0 Å². The number of carbonyl (C=O) groups excluding carboxylic acids is 1. The Morgan fingerprint density at radius 3 is 2.42 bits per heavy atom. The Morgan fingerprint density at radius 1 is 1.03 bits per heavy atom. The molecule has 2 aromatic carbocycles. The molecule has 0 bridgehead atoms. The van der Waals surface area contributed by atoms with Gasteiger partial charge in [-0.3, -0.25) is 9.78 Å². The summed E-state index contributed by atoms with van der Waals surface area (Å²) in [6, 6.07) is 15.0. The summed E-state index contributed by atoms with van der Waals surface area (Å²) in [6.07, 6.45) is 2.89. The summed E-state index contributed by atoms with van der Waals surface area (Å²) in [5.41, 5.74) is 0.938. The lowest BCUT2D eigenvalue weighted by Crippen LogP contribution is -2.51. The lowest BCUT2D eigenvalue weighted by molar-refractivity contribution is -0.133. The van der Waals surface area contributed by atoms with Crippen LogP contribution in [0.3, 0.4) is 0 Å². The van der Waals surface area contributed by atoms with E-state index in [1.54, 1.807) is 24.3 Å². The first kappa shape index (κ1) is 21.3. The Hall–Kier alpha value is -2.97. The molecule has 0 saturated carbocycles. The third kappa shape index (κ3) is 4.26. The Balaban J connectivity index is 1.44. The average Bonchev–Trinajstić information content (AvgIpc) is 2.83. The molecule has 1 aromatic heterocycles. The van der Waals surface area contributed by atoms with Gasteiger partial charge in [-0.2, -0.15) is 4.31 Å². The van der Waals surface area contributed by atoms with Crippen LogP contribution in [0.5, 0.6) is 5.75 Å². The van der Waals surface area contributed by atoms with Crippen molar-refractivity contribution < 1.29 is 17.9 Å². The normalized spacial score (nSPS) is 16.3. The third-order valence-electron chi connectivity index (χ3n) is 5.76. The van der Waals surface area contributed by atoms with Crippen LogP contribution in [-0.2, 0) is 14.8 Å². The quantitative estimate of drug-likeness (QED) is 0.611. The van der Waals surface area contributed by atoms with Gasteiger partial charge in [-0.25, -0.2) is 8.42 Å². The molecule has 1 aliphatic heterocycles. The van der Waals surface area contributed by atoms with E-state index in [-0.39, 0.29) is 29.8 Å². The number of sulfonamides is 1. The SMILES string of the molecule is COc1ccc2cc([C@H](C)C(=O)N3CCN(S(=O)(=O)c4cccnc4)CC3)ccc2c1. The number of nitrogens with zero attached hydrogens (tertiary/aromatic N) is 3. The van der Waals surface area contributed by atoms with Crippen LogP contribution >= 0.6 is 0 Å². The molecule has 31 heavy (non-hydrogen) atoms. The van der Waals surface area contributed by atoms with E-state index in [9.17, 15) is 13.2 Å². The first-order chi connectivity index (χ1) is 14.9. The van der Waals surface area contributed by atoms with E-state index in [2.05, 4.69) is 4.98 Å². The summed E-state index contributed by atoms with van der Waals surface area (Å²) >= 11 is 0. The molecule has 3 aromatic rings. The van der Waals surface area contributed by atoms with Gasteiger partial charge in [-0.05, 0) is 47.5 Å². The number of benzene rings is 2. The van der Waals surface area contributed by atoms with Crippen molar-refractivity contribution >= 4 is 26.7 Å². The Labute approximate surface area is 182 Å². The van der Waals surface area contributed by atoms with Crippen molar-refractivity contribution in [2.45, 2.75) is 17.7 Å². The summed E-state index contributed by atoms with van der Waals surface area (Å²) in [6.45, 7) is 3.17. The number of fused-ring (bicyclic) bond motifs is 1. The zero-order chi connectivity index (χ0) is 22.0. The summed E-state index contributed by atoms with van der Waals surface area (Å²) in [5.74, 6) is 0.489. The molecule has 0 unspecified atom stereocenters. The summed E-state index contributed by atoms with van der Waals surface area (Å²) in [5, 5.41) is 2.10. The van der Waals surface area contributed by atoms with Crippen molar-refractivity contribution in [3.63, 3.8) is 0 Å². The second kappa shape index (κ2) is 8.64. The number of ether oxygens (including phenoxy) is 1. The predicted molar refractivity (Wildman–Crippen MR) is 118 cm³/mol. The van der Waals surface area contributed by atoms with E-state index in [1.807, 2.05) is 43.3 Å². The zero-order valence-corrected chi connectivity index (χ0v) is 18.4. The first-order valence-corrected chi connectivity index (χ1v) is 11.6. The number of amides is 1. The van der Waals surface area contributed by atoms with Gasteiger partial charge in [-0.1, -0.05) is 24.3 Å². The molecular formula is C23H25N3O4S. The number of hydrogen-bond acceptors (Lipinski definition) is 5. The minimum atomic E-state index is -3.59. The molecular weight excluding hydrogens is 414 g/mol. The average molecular weight is 440 g/mol. The molecule has 0 aliphatic carbocycles. The van der Waals surface area contributed by atoms with Gasteiger partial charge >= 0.3 is 0 Å². The standard InChI is InChI=1S/C23H25N3O4S/c1-17(18-5-6-20-15-21(30-2)8-7-19(20)14-18)23(27)25-10-12-26(13-11-25)31(28,29)22-4-3-9-24-16-22/h3-9,14-17H,10-13H2,1-2H3/t17-/m0/s1. The highest BCUT2D eigenvalue weighted by molar-refractivity contribution is 7.89. The fourth-order valence-corrected chi connectivity index (χ4v) is 5.24. The van der Waals surface area contributed by atoms with Gasteiger partial charge in [-0.15, -0.1) is 0 Å². The lowest BCUT2D eigenvalue weighted by atomic mass is 9.96. The minimum Gasteiger partial charge on any atom is -0.497 e. The van der Waals surface area contributed by atoms with Gasteiger partial charge in [0.15, 0.2) is 0 Å². The third-order valence-corrected chi connectivity index (χ3v) is 7.65. The highest BCUT2D eigenvalue weighted by Gasteiger charge is 2.31. The topological polar surface area (TPSA) is 79.8 Å². The van der Waals surface area contributed by atoms with Crippen LogP contribution in [0, 0.1) is 0 Å². The van der Waals surface area contributed by atoms with Crippen LogP contribution in [0.1, 0.15) is 18.4 Å². The molecule has 1 amide bonds. The first-order valence-electron chi connectivity index (χ1n) is 10.2. The lowest BCUT2D eigenvalue weighted by Gasteiger charge is -2.35. The predicted octanol–water partition coefficient (Wildman–Crippen LogP) is 2.88. The fourth-order valence-electron chi connectivity index (χ4n) is 3.85. The van der Waals surface area contributed by atoms with Crippen LogP contribution in [-0.4, -0.2) is 61.8 Å². The van der Waals surface area contributed by atoms with E-state index in [0.717, 1.165) is 22.1 Å². The van der Waals surface area contributed by atoms with Crippen molar-refractivity contribution in [3.8, 4) is 5.75 Å². The number of hydrogen-bond donors (Lipinski definition) is 0. The summed E-state index contributed by atoms with van der Waals surface area (Å²) < 4.78 is 32.2. The van der Waals surface area contributed by atoms with E-state index in [1.165, 1.54) is 16.6 Å². The van der Waals surface area contributed by atoms with Crippen molar-refractivity contribution in [1.29, 1.82) is 0 Å². The molecule has 1 saturated heterocycles. The maximum Gasteiger partial charge on any atom is 0.244 e. The van der Waals surface area contributed by atoms with E-state index in [0.29, 0.717) is 13.1 Å². The molecule has 1 fully saturated rings. The van der Waals surface area contributed by atoms with Gasteiger partial charge in [0, 0.05) is 38.6 Å². The van der Waals surface area contributed by atoms with Crippen molar-refractivity contribution in [3.05, 3.63) is 66.5 Å². The largest absolute Gasteiger partial charge is 0.497 e.